The first-order valence-electron chi connectivity index (χ1n) is 5.57. The Morgan fingerprint density at radius 3 is 3.06 bits per heavy atom. The minimum absolute atomic E-state index is 0. The van der Waals surface area contributed by atoms with Crippen LogP contribution in [0, 0.1) is 0 Å². The van der Waals surface area contributed by atoms with Crippen molar-refractivity contribution in [2.45, 2.75) is 19.1 Å². The summed E-state index contributed by atoms with van der Waals surface area (Å²) in [6.45, 7) is 2.83. The molecule has 1 aromatic heterocycles. The van der Waals surface area contributed by atoms with Crippen molar-refractivity contribution in [3.05, 3.63) is 21.3 Å². The third-order valence-electron chi connectivity index (χ3n) is 2.51. The highest BCUT2D eigenvalue weighted by Crippen LogP contribution is 2.21. The Hall–Kier alpha value is -0.330. The number of hydrogen-bond donors (Lipinski definition) is 2. The largest absolute Gasteiger partial charge is 0.375 e. The molecule has 1 saturated heterocycles. The molecule has 0 saturated carbocycles. The van der Waals surface area contributed by atoms with E-state index in [1.807, 2.05) is 12.1 Å². The third-order valence-corrected chi connectivity index (χ3v) is 3.74. The molecular weight excluding hydrogens is 295 g/mol. The summed E-state index contributed by atoms with van der Waals surface area (Å²) < 4.78 is 6.21. The predicted molar refractivity (Wildman–Crippen MR) is 75.7 cm³/mol. The molecule has 2 rings (SSSR count). The summed E-state index contributed by atoms with van der Waals surface area (Å²) in [5.74, 6) is 0.0169. The number of nitrogens with one attached hydrogen (secondary N) is 2. The second-order valence-electron chi connectivity index (χ2n) is 3.88. The molecule has 2 heterocycles. The van der Waals surface area contributed by atoms with E-state index in [0.717, 1.165) is 22.3 Å². The summed E-state index contributed by atoms with van der Waals surface area (Å²) in [4.78, 5) is 12.7. The van der Waals surface area contributed by atoms with E-state index in [1.165, 1.54) is 11.3 Å². The average Bonchev–Trinajstić information content (AvgIpc) is 2.74. The summed E-state index contributed by atoms with van der Waals surface area (Å²) in [6, 6.07) is 3.76. The standard InChI is InChI=1S/C11H15ClN2O2S.ClH/c12-10-2-1-9(17-10)7-14-11(15)5-8-6-13-3-4-16-8;/h1-2,8,13H,3-7H2,(H,14,15);1H. The van der Waals surface area contributed by atoms with Crippen molar-refractivity contribution >= 4 is 41.3 Å². The fourth-order valence-electron chi connectivity index (χ4n) is 1.66. The number of carbonyl (C=O) groups is 1. The molecule has 0 aromatic carbocycles. The molecule has 1 fully saturated rings. The minimum atomic E-state index is -0.00401. The highest BCUT2D eigenvalue weighted by Gasteiger charge is 2.17. The first-order valence-corrected chi connectivity index (χ1v) is 6.77. The lowest BCUT2D eigenvalue weighted by Gasteiger charge is -2.22. The zero-order valence-corrected chi connectivity index (χ0v) is 12.2. The molecule has 102 valence electrons. The molecule has 0 spiro atoms. The Labute approximate surface area is 121 Å². The van der Waals surface area contributed by atoms with Crippen LogP contribution in [-0.2, 0) is 16.1 Å². The Balaban J connectivity index is 0.00000162. The van der Waals surface area contributed by atoms with Crippen molar-refractivity contribution in [2.75, 3.05) is 19.7 Å². The summed E-state index contributed by atoms with van der Waals surface area (Å²) >= 11 is 7.29. The maximum Gasteiger partial charge on any atom is 0.222 e. The van der Waals surface area contributed by atoms with Crippen LogP contribution in [0.5, 0.6) is 0 Å². The Kier molecular flexibility index (Phi) is 6.96. The average molecular weight is 311 g/mol. The molecular formula is C11H16Cl2N2O2S. The quantitative estimate of drug-likeness (QED) is 0.892. The van der Waals surface area contributed by atoms with Crippen molar-refractivity contribution in [1.29, 1.82) is 0 Å². The van der Waals surface area contributed by atoms with Crippen LogP contribution in [0.2, 0.25) is 4.34 Å². The SMILES string of the molecule is Cl.O=C(CC1CNCCO1)NCc1ccc(Cl)s1. The van der Waals surface area contributed by atoms with Gasteiger partial charge in [-0.05, 0) is 12.1 Å². The summed E-state index contributed by atoms with van der Waals surface area (Å²) in [7, 11) is 0. The summed E-state index contributed by atoms with van der Waals surface area (Å²) in [5.41, 5.74) is 0. The number of carbonyl (C=O) groups excluding carboxylic acids is 1. The summed E-state index contributed by atoms with van der Waals surface area (Å²) in [5, 5.41) is 6.06. The van der Waals surface area contributed by atoms with Gasteiger partial charge in [0.1, 0.15) is 0 Å². The molecule has 7 heteroatoms. The van der Waals surface area contributed by atoms with Gasteiger partial charge in [-0.1, -0.05) is 11.6 Å². The molecule has 0 aliphatic carbocycles. The first kappa shape index (κ1) is 15.7. The normalized spacial score (nSPS) is 19.1. The van der Waals surface area contributed by atoms with E-state index >= 15 is 0 Å². The van der Waals surface area contributed by atoms with Crippen LogP contribution in [-0.4, -0.2) is 31.7 Å². The molecule has 1 atom stereocenters. The number of morpholine rings is 1. The molecule has 0 radical (unpaired) electrons. The van der Waals surface area contributed by atoms with E-state index in [2.05, 4.69) is 10.6 Å². The fraction of sp³-hybridized carbons (Fsp3) is 0.545. The van der Waals surface area contributed by atoms with Gasteiger partial charge in [-0.15, -0.1) is 23.7 Å². The maximum absolute atomic E-state index is 11.6. The second kappa shape index (κ2) is 7.96. The zero-order valence-electron chi connectivity index (χ0n) is 9.78. The van der Waals surface area contributed by atoms with E-state index in [9.17, 15) is 4.79 Å². The predicted octanol–water partition coefficient (Wildman–Crippen LogP) is 1.82. The van der Waals surface area contributed by atoms with Crippen molar-refractivity contribution < 1.29 is 9.53 Å². The molecule has 2 N–H and O–H groups in total. The van der Waals surface area contributed by atoms with Gasteiger partial charge in [0.05, 0.1) is 30.0 Å². The zero-order chi connectivity index (χ0) is 12.1. The monoisotopic (exact) mass is 310 g/mol. The van der Waals surface area contributed by atoms with Crippen LogP contribution in [0.1, 0.15) is 11.3 Å². The summed E-state index contributed by atoms with van der Waals surface area (Å²) in [6.07, 6.45) is 0.405. The second-order valence-corrected chi connectivity index (χ2v) is 5.68. The van der Waals surface area contributed by atoms with Gasteiger partial charge in [-0.3, -0.25) is 4.79 Å². The van der Waals surface area contributed by atoms with Crippen molar-refractivity contribution in [3.8, 4) is 0 Å². The van der Waals surface area contributed by atoms with E-state index in [1.54, 1.807) is 0 Å². The van der Waals surface area contributed by atoms with Crippen LogP contribution in [0.25, 0.3) is 0 Å². The van der Waals surface area contributed by atoms with Gasteiger partial charge in [0, 0.05) is 18.0 Å². The molecule has 18 heavy (non-hydrogen) atoms. The van der Waals surface area contributed by atoms with E-state index < -0.39 is 0 Å². The molecule has 1 aliphatic heterocycles. The van der Waals surface area contributed by atoms with Gasteiger partial charge in [0.15, 0.2) is 0 Å². The molecule has 0 bridgehead atoms. The smallest absolute Gasteiger partial charge is 0.222 e. The van der Waals surface area contributed by atoms with Gasteiger partial charge in [-0.2, -0.15) is 0 Å². The van der Waals surface area contributed by atoms with Crippen LogP contribution in [0.4, 0.5) is 0 Å². The van der Waals surface area contributed by atoms with Gasteiger partial charge >= 0.3 is 0 Å². The van der Waals surface area contributed by atoms with Gasteiger partial charge in [0.25, 0.3) is 0 Å². The number of rotatable bonds is 4. The van der Waals surface area contributed by atoms with Crippen LogP contribution >= 0.6 is 35.3 Å². The number of ether oxygens (including phenoxy) is 1. The van der Waals surface area contributed by atoms with E-state index in [-0.39, 0.29) is 24.4 Å². The molecule has 1 unspecified atom stereocenters. The van der Waals surface area contributed by atoms with Crippen molar-refractivity contribution in [1.82, 2.24) is 10.6 Å². The minimum Gasteiger partial charge on any atom is -0.375 e. The van der Waals surface area contributed by atoms with Crippen LogP contribution in [0.15, 0.2) is 12.1 Å². The van der Waals surface area contributed by atoms with Crippen LogP contribution < -0.4 is 10.6 Å². The van der Waals surface area contributed by atoms with Gasteiger partial charge < -0.3 is 15.4 Å². The topological polar surface area (TPSA) is 50.4 Å². The fourth-order valence-corrected chi connectivity index (χ4v) is 2.69. The molecule has 1 amide bonds. The lowest BCUT2D eigenvalue weighted by atomic mass is 10.2. The maximum atomic E-state index is 11.6. The Bertz CT molecular complexity index is 381. The number of thiophene rings is 1. The third kappa shape index (κ3) is 5.12. The number of amides is 1. The molecule has 4 nitrogen and oxygen atoms in total. The highest BCUT2D eigenvalue weighted by molar-refractivity contribution is 7.16. The lowest BCUT2D eigenvalue weighted by molar-refractivity contribution is -0.124. The van der Waals surface area contributed by atoms with Crippen molar-refractivity contribution in [2.24, 2.45) is 0 Å². The van der Waals surface area contributed by atoms with Crippen LogP contribution in [0.3, 0.4) is 0 Å². The lowest BCUT2D eigenvalue weighted by Crippen LogP contribution is -2.41. The molecule has 1 aliphatic rings. The Morgan fingerprint density at radius 1 is 1.61 bits per heavy atom. The van der Waals surface area contributed by atoms with Gasteiger partial charge in [-0.25, -0.2) is 0 Å². The van der Waals surface area contributed by atoms with E-state index in [4.69, 9.17) is 16.3 Å². The first-order chi connectivity index (χ1) is 8.24. The number of halogens is 2. The highest BCUT2D eigenvalue weighted by atomic mass is 35.5. The van der Waals surface area contributed by atoms with Crippen molar-refractivity contribution in [3.63, 3.8) is 0 Å². The van der Waals surface area contributed by atoms with E-state index in [0.29, 0.717) is 19.6 Å². The Morgan fingerprint density at radius 2 is 2.44 bits per heavy atom. The molecule has 1 aromatic rings. The van der Waals surface area contributed by atoms with Gasteiger partial charge in [0.2, 0.25) is 5.91 Å². The number of hydrogen-bond acceptors (Lipinski definition) is 4.